The van der Waals surface area contributed by atoms with E-state index in [2.05, 4.69) is 15.9 Å². The number of carbonyl (C=O) groups is 2. The zero-order chi connectivity index (χ0) is 11.4. The lowest BCUT2D eigenvalue weighted by Gasteiger charge is -2.09. The fraction of sp³-hybridized carbons (Fsp3) is 0.200. The molecule has 0 saturated heterocycles. The number of hydrogen-bond acceptors (Lipinski definition) is 2. The molecular weight excluding hydrogens is 264 g/mol. The first-order valence-corrected chi connectivity index (χ1v) is 5.00. The molecule has 4 nitrogen and oxygen atoms in total. The van der Waals surface area contributed by atoms with Gasteiger partial charge in [0.1, 0.15) is 0 Å². The van der Waals surface area contributed by atoms with Gasteiger partial charge in [-0.3, -0.25) is 9.59 Å². The number of rotatable bonds is 4. The lowest BCUT2D eigenvalue weighted by molar-refractivity contribution is -0.145. The molecule has 2 N–H and O–H groups in total. The van der Waals surface area contributed by atoms with Crippen LogP contribution in [0, 0.1) is 0 Å². The lowest BCUT2D eigenvalue weighted by Crippen LogP contribution is -2.15. The van der Waals surface area contributed by atoms with Crippen LogP contribution in [-0.2, 0) is 9.59 Å². The Hall–Kier alpha value is -1.36. The molecule has 0 unspecified atom stereocenters. The van der Waals surface area contributed by atoms with Crippen LogP contribution in [0.3, 0.4) is 0 Å². The summed E-state index contributed by atoms with van der Waals surface area (Å²) in [5.41, 5.74) is 0.494. The quantitative estimate of drug-likeness (QED) is 0.880. The summed E-state index contributed by atoms with van der Waals surface area (Å²) < 4.78 is 0.825. The van der Waals surface area contributed by atoms with Crippen LogP contribution in [0.25, 0.3) is 0 Å². The van der Waals surface area contributed by atoms with Gasteiger partial charge in [-0.25, -0.2) is 0 Å². The summed E-state index contributed by atoms with van der Waals surface area (Å²) in [5, 5.41) is 17.4. The summed E-state index contributed by atoms with van der Waals surface area (Å²) in [5.74, 6) is -3.24. The van der Waals surface area contributed by atoms with Gasteiger partial charge in [0.2, 0.25) is 0 Å². The Morgan fingerprint density at radius 1 is 1.20 bits per heavy atom. The molecule has 80 valence electrons. The monoisotopic (exact) mass is 272 g/mol. The predicted molar refractivity (Wildman–Crippen MR) is 56.8 cm³/mol. The Morgan fingerprint density at radius 3 is 2.13 bits per heavy atom. The summed E-state index contributed by atoms with van der Waals surface area (Å²) in [4.78, 5) is 21.3. The highest BCUT2D eigenvalue weighted by molar-refractivity contribution is 9.10. The van der Waals surface area contributed by atoms with E-state index >= 15 is 0 Å². The first-order valence-electron chi connectivity index (χ1n) is 4.20. The van der Waals surface area contributed by atoms with Crippen LogP contribution in [0.4, 0.5) is 0 Å². The van der Waals surface area contributed by atoms with Gasteiger partial charge in [0.25, 0.3) is 0 Å². The third kappa shape index (κ3) is 3.36. The molecule has 0 bridgehead atoms. The van der Waals surface area contributed by atoms with Crippen LogP contribution >= 0.6 is 15.9 Å². The number of carboxylic acid groups (broad SMARTS) is 2. The molecular formula is C10H9BrO4. The maximum Gasteiger partial charge on any atom is 0.311 e. The van der Waals surface area contributed by atoms with Crippen LogP contribution in [0.1, 0.15) is 17.9 Å². The van der Waals surface area contributed by atoms with E-state index in [4.69, 9.17) is 10.2 Å². The van der Waals surface area contributed by atoms with E-state index in [-0.39, 0.29) is 0 Å². The van der Waals surface area contributed by atoms with Gasteiger partial charge in [-0.15, -0.1) is 0 Å². The maximum absolute atomic E-state index is 10.8. The second kappa shape index (κ2) is 4.93. The van der Waals surface area contributed by atoms with Crippen molar-refractivity contribution in [3.8, 4) is 0 Å². The smallest absolute Gasteiger partial charge is 0.311 e. The Labute approximate surface area is 94.7 Å². The standard InChI is InChI=1S/C10H9BrO4/c11-7-3-1-6(2-4-7)8(10(14)15)5-9(12)13/h1-4,8H,5H2,(H,12,13)(H,14,15)/t8-/m0/s1. The number of halogens is 1. The molecule has 0 aliphatic carbocycles. The van der Waals surface area contributed by atoms with Gasteiger partial charge >= 0.3 is 11.9 Å². The predicted octanol–water partition coefficient (Wildman–Crippen LogP) is 2.09. The van der Waals surface area contributed by atoms with Crippen molar-refractivity contribution in [3.63, 3.8) is 0 Å². The van der Waals surface area contributed by atoms with Crippen LogP contribution in [0.2, 0.25) is 0 Å². The van der Waals surface area contributed by atoms with E-state index in [0.717, 1.165) is 4.47 Å². The molecule has 0 aliphatic rings. The average Bonchev–Trinajstić information content (AvgIpc) is 2.15. The van der Waals surface area contributed by atoms with Crippen LogP contribution in [0.15, 0.2) is 28.7 Å². The summed E-state index contributed by atoms with van der Waals surface area (Å²) in [7, 11) is 0. The molecule has 0 saturated carbocycles. The summed E-state index contributed by atoms with van der Waals surface area (Å²) >= 11 is 3.22. The highest BCUT2D eigenvalue weighted by atomic mass is 79.9. The zero-order valence-corrected chi connectivity index (χ0v) is 9.27. The van der Waals surface area contributed by atoms with Crippen LogP contribution < -0.4 is 0 Å². The molecule has 5 heteroatoms. The van der Waals surface area contributed by atoms with Crippen molar-refractivity contribution >= 4 is 27.9 Å². The highest BCUT2D eigenvalue weighted by Gasteiger charge is 2.22. The normalized spacial score (nSPS) is 12.1. The molecule has 1 aromatic carbocycles. The topological polar surface area (TPSA) is 74.6 Å². The van der Waals surface area contributed by atoms with Crippen molar-refractivity contribution in [2.45, 2.75) is 12.3 Å². The Balaban J connectivity index is 2.94. The molecule has 0 heterocycles. The molecule has 0 aromatic heterocycles. The van der Waals surface area contributed by atoms with Gasteiger partial charge in [0, 0.05) is 4.47 Å². The number of carboxylic acids is 2. The van der Waals surface area contributed by atoms with E-state index < -0.39 is 24.3 Å². The van der Waals surface area contributed by atoms with Gasteiger partial charge in [-0.2, -0.15) is 0 Å². The average molecular weight is 273 g/mol. The minimum Gasteiger partial charge on any atom is -0.481 e. The largest absolute Gasteiger partial charge is 0.481 e. The highest BCUT2D eigenvalue weighted by Crippen LogP contribution is 2.22. The second-order valence-corrected chi connectivity index (χ2v) is 3.96. The lowest BCUT2D eigenvalue weighted by atomic mass is 9.96. The van der Waals surface area contributed by atoms with E-state index in [1.807, 2.05) is 0 Å². The minimum atomic E-state index is -1.13. The molecule has 1 rings (SSSR count). The van der Waals surface area contributed by atoms with Crippen molar-refractivity contribution in [2.24, 2.45) is 0 Å². The van der Waals surface area contributed by atoms with Crippen molar-refractivity contribution in [1.29, 1.82) is 0 Å². The Kier molecular flexibility index (Phi) is 3.85. The number of aliphatic carboxylic acids is 2. The summed E-state index contributed by atoms with van der Waals surface area (Å²) in [6.07, 6.45) is -0.406. The third-order valence-corrected chi connectivity index (χ3v) is 2.48. The van der Waals surface area contributed by atoms with Gasteiger partial charge in [0.15, 0.2) is 0 Å². The SMILES string of the molecule is O=C(O)C[C@H](C(=O)O)c1ccc(Br)cc1. The van der Waals surface area contributed by atoms with Gasteiger partial charge in [0.05, 0.1) is 12.3 Å². The van der Waals surface area contributed by atoms with Crippen molar-refractivity contribution < 1.29 is 19.8 Å². The number of hydrogen-bond donors (Lipinski definition) is 2. The van der Waals surface area contributed by atoms with Crippen LogP contribution in [0.5, 0.6) is 0 Å². The van der Waals surface area contributed by atoms with Crippen LogP contribution in [-0.4, -0.2) is 22.2 Å². The minimum absolute atomic E-state index is 0.406. The molecule has 0 radical (unpaired) electrons. The third-order valence-electron chi connectivity index (χ3n) is 1.95. The molecule has 15 heavy (non-hydrogen) atoms. The van der Waals surface area contributed by atoms with E-state index in [0.29, 0.717) is 5.56 Å². The zero-order valence-electron chi connectivity index (χ0n) is 7.68. The molecule has 0 spiro atoms. The van der Waals surface area contributed by atoms with Crippen molar-refractivity contribution in [3.05, 3.63) is 34.3 Å². The summed E-state index contributed by atoms with van der Waals surface area (Å²) in [6.45, 7) is 0. The van der Waals surface area contributed by atoms with Gasteiger partial charge in [-0.1, -0.05) is 28.1 Å². The Morgan fingerprint density at radius 2 is 1.73 bits per heavy atom. The van der Waals surface area contributed by atoms with Crippen molar-refractivity contribution in [2.75, 3.05) is 0 Å². The van der Waals surface area contributed by atoms with Crippen molar-refractivity contribution in [1.82, 2.24) is 0 Å². The van der Waals surface area contributed by atoms with E-state index in [1.54, 1.807) is 24.3 Å². The maximum atomic E-state index is 10.8. The molecule has 0 fully saturated rings. The fourth-order valence-electron chi connectivity index (χ4n) is 1.22. The van der Waals surface area contributed by atoms with Gasteiger partial charge < -0.3 is 10.2 Å². The molecule has 1 atom stereocenters. The second-order valence-electron chi connectivity index (χ2n) is 3.04. The molecule has 0 amide bonds. The molecule has 1 aromatic rings. The summed E-state index contributed by atoms with van der Waals surface area (Å²) in [6, 6.07) is 6.58. The fourth-order valence-corrected chi connectivity index (χ4v) is 1.48. The first-order chi connectivity index (χ1) is 7.00. The first kappa shape index (κ1) is 11.7. The van der Waals surface area contributed by atoms with E-state index in [9.17, 15) is 9.59 Å². The Bertz CT molecular complexity index is 372. The van der Waals surface area contributed by atoms with E-state index in [1.165, 1.54) is 0 Å². The number of benzene rings is 1. The molecule has 0 aliphatic heterocycles. The van der Waals surface area contributed by atoms with Gasteiger partial charge in [-0.05, 0) is 17.7 Å².